The molecule has 0 unspecified atom stereocenters. The zero-order valence-corrected chi connectivity index (χ0v) is 15.2. The van der Waals surface area contributed by atoms with Gasteiger partial charge in [-0.15, -0.1) is 0 Å². The van der Waals surface area contributed by atoms with Gasteiger partial charge in [0, 0.05) is 0 Å². The Morgan fingerprint density at radius 2 is 1.48 bits per heavy atom. The Labute approximate surface area is 141 Å². The van der Waals surface area contributed by atoms with Crippen LogP contribution in [0.25, 0.3) is 0 Å². The summed E-state index contributed by atoms with van der Waals surface area (Å²) in [4.78, 5) is 12.1. The molecule has 1 aromatic rings. The quantitative estimate of drug-likeness (QED) is 0.408. The molecule has 0 aliphatic heterocycles. The average molecular weight is 320 g/mol. The summed E-state index contributed by atoms with van der Waals surface area (Å²) < 4.78 is 10.5. The number of hydrogen-bond donors (Lipinski definition) is 0. The highest BCUT2D eigenvalue weighted by Crippen LogP contribution is 2.27. The van der Waals surface area contributed by atoms with Gasteiger partial charge in [-0.3, -0.25) is 0 Å². The van der Waals surface area contributed by atoms with Gasteiger partial charge in [-0.25, -0.2) is 4.79 Å². The van der Waals surface area contributed by atoms with Crippen molar-refractivity contribution in [3.8, 4) is 5.75 Å². The molecule has 0 saturated carbocycles. The van der Waals surface area contributed by atoms with Crippen LogP contribution in [0.15, 0.2) is 12.1 Å². The molecule has 0 aromatic heterocycles. The molecule has 130 valence electrons. The SMILES string of the molecule is CCCCCCc1cc(CCCCC)c(C(=O)OC)cc1OC. The maximum atomic E-state index is 12.1. The minimum atomic E-state index is -0.271. The van der Waals surface area contributed by atoms with E-state index in [2.05, 4.69) is 19.9 Å². The highest BCUT2D eigenvalue weighted by Gasteiger charge is 2.16. The Morgan fingerprint density at radius 3 is 2.09 bits per heavy atom. The molecule has 0 spiro atoms. The lowest BCUT2D eigenvalue weighted by Crippen LogP contribution is -2.08. The molecular weight excluding hydrogens is 288 g/mol. The van der Waals surface area contributed by atoms with Crippen LogP contribution in [0.5, 0.6) is 5.75 Å². The third-order valence-corrected chi connectivity index (χ3v) is 4.26. The Balaban J connectivity index is 2.99. The number of hydrogen-bond acceptors (Lipinski definition) is 3. The number of unbranched alkanes of at least 4 members (excludes halogenated alkanes) is 5. The lowest BCUT2D eigenvalue weighted by Gasteiger charge is -2.15. The predicted molar refractivity (Wildman–Crippen MR) is 95.4 cm³/mol. The molecule has 0 aliphatic carbocycles. The van der Waals surface area contributed by atoms with E-state index in [1.807, 2.05) is 6.07 Å². The summed E-state index contributed by atoms with van der Waals surface area (Å²) in [6.45, 7) is 4.41. The van der Waals surface area contributed by atoms with Crippen molar-refractivity contribution in [3.63, 3.8) is 0 Å². The van der Waals surface area contributed by atoms with E-state index in [9.17, 15) is 4.79 Å². The standard InChI is InChI=1S/C20H32O3/c1-5-7-9-11-13-17-14-16(12-10-8-6-2)18(20(21)23-4)15-19(17)22-3/h14-15H,5-13H2,1-4H3. The maximum absolute atomic E-state index is 12.1. The maximum Gasteiger partial charge on any atom is 0.338 e. The highest BCUT2D eigenvalue weighted by atomic mass is 16.5. The van der Waals surface area contributed by atoms with Gasteiger partial charge in [-0.1, -0.05) is 52.0 Å². The number of aryl methyl sites for hydroxylation is 2. The highest BCUT2D eigenvalue weighted by molar-refractivity contribution is 5.91. The lowest BCUT2D eigenvalue weighted by molar-refractivity contribution is 0.0599. The van der Waals surface area contributed by atoms with Crippen molar-refractivity contribution in [1.29, 1.82) is 0 Å². The van der Waals surface area contributed by atoms with E-state index in [4.69, 9.17) is 9.47 Å². The van der Waals surface area contributed by atoms with E-state index < -0.39 is 0 Å². The molecule has 0 radical (unpaired) electrons. The summed E-state index contributed by atoms with van der Waals surface area (Å²) in [6, 6.07) is 4.02. The summed E-state index contributed by atoms with van der Waals surface area (Å²) >= 11 is 0. The number of carbonyl (C=O) groups is 1. The van der Waals surface area contributed by atoms with E-state index >= 15 is 0 Å². The minimum Gasteiger partial charge on any atom is -0.496 e. The molecule has 3 nitrogen and oxygen atoms in total. The summed E-state index contributed by atoms with van der Waals surface area (Å²) in [5.74, 6) is 0.536. The average Bonchev–Trinajstić information content (AvgIpc) is 2.58. The summed E-state index contributed by atoms with van der Waals surface area (Å²) in [6.07, 6.45) is 10.3. The van der Waals surface area contributed by atoms with Gasteiger partial charge in [-0.05, 0) is 42.9 Å². The molecule has 3 heteroatoms. The van der Waals surface area contributed by atoms with Crippen LogP contribution in [-0.4, -0.2) is 20.2 Å². The van der Waals surface area contributed by atoms with Crippen molar-refractivity contribution in [2.45, 2.75) is 71.6 Å². The lowest BCUT2D eigenvalue weighted by atomic mass is 9.95. The van der Waals surface area contributed by atoms with Crippen LogP contribution in [0.1, 0.15) is 80.3 Å². The number of benzene rings is 1. The predicted octanol–water partition coefficient (Wildman–Crippen LogP) is 5.34. The summed E-state index contributed by atoms with van der Waals surface area (Å²) in [5, 5.41) is 0. The fraction of sp³-hybridized carbons (Fsp3) is 0.650. The van der Waals surface area contributed by atoms with Crippen molar-refractivity contribution < 1.29 is 14.3 Å². The fourth-order valence-electron chi connectivity index (χ4n) is 2.88. The topological polar surface area (TPSA) is 35.5 Å². The molecule has 0 heterocycles. The van der Waals surface area contributed by atoms with E-state index in [1.54, 1.807) is 7.11 Å². The summed E-state index contributed by atoms with van der Waals surface area (Å²) in [7, 11) is 3.10. The third kappa shape index (κ3) is 6.25. The second-order valence-corrected chi connectivity index (χ2v) is 6.08. The first kappa shape index (κ1) is 19.5. The number of esters is 1. The Bertz CT molecular complexity index is 480. The van der Waals surface area contributed by atoms with Crippen molar-refractivity contribution in [2.75, 3.05) is 14.2 Å². The minimum absolute atomic E-state index is 0.271. The largest absolute Gasteiger partial charge is 0.496 e. The molecule has 0 N–H and O–H groups in total. The van der Waals surface area contributed by atoms with Gasteiger partial charge in [0.2, 0.25) is 0 Å². The van der Waals surface area contributed by atoms with Gasteiger partial charge < -0.3 is 9.47 Å². The second kappa shape index (κ2) is 11.1. The molecule has 0 atom stereocenters. The van der Waals surface area contributed by atoms with E-state index in [-0.39, 0.29) is 5.97 Å². The zero-order chi connectivity index (χ0) is 17.1. The van der Waals surface area contributed by atoms with Crippen molar-refractivity contribution in [3.05, 3.63) is 28.8 Å². The molecule has 0 aliphatic rings. The van der Waals surface area contributed by atoms with Crippen LogP contribution in [0.2, 0.25) is 0 Å². The number of rotatable bonds is 11. The molecule has 1 aromatic carbocycles. The molecule has 1 rings (SSSR count). The first-order valence-corrected chi connectivity index (χ1v) is 8.95. The van der Waals surface area contributed by atoms with Gasteiger partial charge in [0.15, 0.2) is 0 Å². The number of ether oxygens (including phenoxy) is 2. The van der Waals surface area contributed by atoms with Gasteiger partial charge in [0.25, 0.3) is 0 Å². The zero-order valence-electron chi connectivity index (χ0n) is 15.2. The van der Waals surface area contributed by atoms with Crippen LogP contribution in [0.3, 0.4) is 0 Å². The Hall–Kier alpha value is -1.51. The van der Waals surface area contributed by atoms with Gasteiger partial charge in [0.1, 0.15) is 5.75 Å². The van der Waals surface area contributed by atoms with E-state index in [1.165, 1.54) is 44.8 Å². The van der Waals surface area contributed by atoms with Gasteiger partial charge in [-0.2, -0.15) is 0 Å². The van der Waals surface area contributed by atoms with Crippen LogP contribution in [0, 0.1) is 0 Å². The molecule has 0 amide bonds. The first-order valence-electron chi connectivity index (χ1n) is 8.95. The van der Waals surface area contributed by atoms with Crippen molar-refractivity contribution >= 4 is 5.97 Å². The first-order chi connectivity index (χ1) is 11.2. The Kier molecular flexibility index (Phi) is 9.42. The third-order valence-electron chi connectivity index (χ3n) is 4.26. The van der Waals surface area contributed by atoms with E-state index in [0.29, 0.717) is 5.56 Å². The molecular formula is C20H32O3. The molecule has 0 saturated heterocycles. The van der Waals surface area contributed by atoms with Crippen LogP contribution >= 0.6 is 0 Å². The van der Waals surface area contributed by atoms with Crippen molar-refractivity contribution in [2.24, 2.45) is 0 Å². The molecule has 23 heavy (non-hydrogen) atoms. The van der Waals surface area contributed by atoms with Crippen LogP contribution in [-0.2, 0) is 17.6 Å². The van der Waals surface area contributed by atoms with Gasteiger partial charge in [0.05, 0.1) is 19.8 Å². The Morgan fingerprint density at radius 1 is 0.870 bits per heavy atom. The number of methoxy groups -OCH3 is 2. The van der Waals surface area contributed by atoms with Gasteiger partial charge >= 0.3 is 5.97 Å². The molecule has 0 bridgehead atoms. The monoisotopic (exact) mass is 320 g/mol. The smallest absolute Gasteiger partial charge is 0.338 e. The molecule has 0 fully saturated rings. The van der Waals surface area contributed by atoms with Crippen LogP contribution < -0.4 is 4.74 Å². The van der Waals surface area contributed by atoms with Crippen LogP contribution in [0.4, 0.5) is 0 Å². The summed E-state index contributed by atoms with van der Waals surface area (Å²) in [5.41, 5.74) is 2.96. The normalized spacial score (nSPS) is 10.6. The van der Waals surface area contributed by atoms with Crippen molar-refractivity contribution in [1.82, 2.24) is 0 Å². The second-order valence-electron chi connectivity index (χ2n) is 6.08. The van der Waals surface area contributed by atoms with E-state index in [0.717, 1.165) is 37.0 Å². The fourth-order valence-corrected chi connectivity index (χ4v) is 2.88. The number of carbonyl (C=O) groups excluding carboxylic acids is 1.